The van der Waals surface area contributed by atoms with E-state index < -0.39 is 0 Å². The maximum absolute atomic E-state index is 13.0. The number of benzene rings is 2. The van der Waals surface area contributed by atoms with Crippen molar-refractivity contribution in [1.29, 1.82) is 0 Å². The van der Waals surface area contributed by atoms with Crippen molar-refractivity contribution in [3.63, 3.8) is 0 Å². The fourth-order valence-electron chi connectivity index (χ4n) is 2.86. The van der Waals surface area contributed by atoms with Crippen molar-refractivity contribution in [3.05, 3.63) is 65.5 Å². The van der Waals surface area contributed by atoms with Gasteiger partial charge in [0.25, 0.3) is 11.8 Å². The van der Waals surface area contributed by atoms with Crippen LogP contribution in [0, 0.1) is 5.82 Å². The number of tetrazole rings is 1. The molecule has 4 rings (SSSR count). The first-order valence-corrected chi connectivity index (χ1v) is 8.12. The first-order chi connectivity index (χ1) is 12.6. The lowest BCUT2D eigenvalue weighted by molar-refractivity contribution is 0.0649. The second-order valence-electron chi connectivity index (χ2n) is 5.88. The quantitative estimate of drug-likeness (QED) is 0.658. The SMILES string of the molecule is O=C1c2ccccc2C(=O)N1CCCn1nnc(-c2ccc(F)cc2)n1. The van der Waals surface area contributed by atoms with Crippen LogP contribution < -0.4 is 0 Å². The van der Waals surface area contributed by atoms with E-state index in [9.17, 15) is 14.0 Å². The molecule has 0 saturated heterocycles. The van der Waals surface area contributed by atoms with Crippen LogP contribution in [0.25, 0.3) is 11.4 Å². The van der Waals surface area contributed by atoms with Gasteiger partial charge in [-0.1, -0.05) is 12.1 Å². The van der Waals surface area contributed by atoms with E-state index >= 15 is 0 Å². The molecule has 0 atom stereocenters. The summed E-state index contributed by atoms with van der Waals surface area (Å²) in [7, 11) is 0. The monoisotopic (exact) mass is 351 g/mol. The van der Waals surface area contributed by atoms with Gasteiger partial charge in [-0.15, -0.1) is 10.2 Å². The molecule has 2 amide bonds. The Bertz CT molecular complexity index is 948. The average molecular weight is 351 g/mol. The molecule has 0 N–H and O–H groups in total. The van der Waals surface area contributed by atoms with Crippen LogP contribution >= 0.6 is 0 Å². The van der Waals surface area contributed by atoms with E-state index in [1.54, 1.807) is 36.4 Å². The molecular formula is C18H14FN5O2. The topological polar surface area (TPSA) is 81.0 Å². The smallest absolute Gasteiger partial charge is 0.261 e. The Morgan fingerprint density at radius 1 is 0.885 bits per heavy atom. The number of halogens is 1. The number of carbonyl (C=O) groups excluding carboxylic acids is 2. The summed E-state index contributed by atoms with van der Waals surface area (Å²) in [5.74, 6) is -0.485. The predicted molar refractivity (Wildman–Crippen MR) is 89.6 cm³/mol. The Hall–Kier alpha value is -3.42. The van der Waals surface area contributed by atoms with E-state index in [1.807, 2.05) is 0 Å². The summed E-state index contributed by atoms with van der Waals surface area (Å²) < 4.78 is 13.0. The van der Waals surface area contributed by atoms with Gasteiger partial charge in [-0.3, -0.25) is 14.5 Å². The Morgan fingerprint density at radius 2 is 1.54 bits per heavy atom. The maximum atomic E-state index is 13.0. The Labute approximate surface area is 148 Å². The molecular weight excluding hydrogens is 337 g/mol. The molecule has 8 heteroatoms. The second-order valence-corrected chi connectivity index (χ2v) is 5.88. The summed E-state index contributed by atoms with van der Waals surface area (Å²) in [4.78, 5) is 27.2. The van der Waals surface area contributed by atoms with Crippen LogP contribution in [0.4, 0.5) is 4.39 Å². The van der Waals surface area contributed by atoms with E-state index in [0.29, 0.717) is 35.5 Å². The molecule has 2 aromatic carbocycles. The third kappa shape index (κ3) is 2.85. The largest absolute Gasteiger partial charge is 0.274 e. The third-order valence-corrected chi connectivity index (χ3v) is 4.17. The van der Waals surface area contributed by atoms with Gasteiger partial charge in [-0.05, 0) is 48.0 Å². The zero-order chi connectivity index (χ0) is 18.1. The molecule has 130 valence electrons. The minimum atomic E-state index is -0.331. The van der Waals surface area contributed by atoms with Gasteiger partial charge in [0.05, 0.1) is 17.7 Å². The van der Waals surface area contributed by atoms with Crippen molar-refractivity contribution in [3.8, 4) is 11.4 Å². The molecule has 0 unspecified atom stereocenters. The summed E-state index contributed by atoms with van der Waals surface area (Å²) in [5.41, 5.74) is 1.54. The number of imide groups is 1. The van der Waals surface area contributed by atoms with Gasteiger partial charge in [0.15, 0.2) is 0 Å². The lowest BCUT2D eigenvalue weighted by atomic mass is 10.1. The van der Waals surface area contributed by atoms with Crippen LogP contribution in [-0.2, 0) is 6.54 Å². The standard InChI is InChI=1S/C18H14FN5O2/c19-13-8-6-12(7-9-13)16-20-22-24(21-16)11-3-10-23-17(25)14-4-1-2-5-15(14)18(23)26/h1-2,4-9H,3,10-11H2. The summed E-state index contributed by atoms with van der Waals surface area (Å²) in [5, 5.41) is 12.1. The highest BCUT2D eigenvalue weighted by Crippen LogP contribution is 2.22. The molecule has 7 nitrogen and oxygen atoms in total. The molecule has 0 bridgehead atoms. The van der Waals surface area contributed by atoms with Crippen molar-refractivity contribution in [2.75, 3.05) is 6.54 Å². The van der Waals surface area contributed by atoms with Gasteiger partial charge in [-0.25, -0.2) is 4.39 Å². The number of amides is 2. The second kappa shape index (κ2) is 6.47. The van der Waals surface area contributed by atoms with Crippen molar-refractivity contribution in [1.82, 2.24) is 25.1 Å². The Morgan fingerprint density at radius 3 is 2.19 bits per heavy atom. The molecule has 3 aromatic rings. The van der Waals surface area contributed by atoms with Crippen molar-refractivity contribution < 1.29 is 14.0 Å². The molecule has 0 aliphatic carbocycles. The lowest BCUT2D eigenvalue weighted by Gasteiger charge is -2.12. The fraction of sp³-hybridized carbons (Fsp3) is 0.167. The normalized spacial score (nSPS) is 13.3. The summed E-state index contributed by atoms with van der Waals surface area (Å²) in [6, 6.07) is 12.6. The lowest BCUT2D eigenvalue weighted by Crippen LogP contribution is -2.31. The molecule has 1 aromatic heterocycles. The molecule has 0 fully saturated rings. The first-order valence-electron chi connectivity index (χ1n) is 8.12. The van der Waals surface area contributed by atoms with Crippen LogP contribution in [0.5, 0.6) is 0 Å². The van der Waals surface area contributed by atoms with Gasteiger partial charge in [-0.2, -0.15) is 4.80 Å². The molecule has 2 heterocycles. The molecule has 0 radical (unpaired) electrons. The van der Waals surface area contributed by atoms with Crippen LogP contribution in [-0.4, -0.2) is 43.5 Å². The summed E-state index contributed by atoms with van der Waals surface area (Å²) in [6.45, 7) is 0.682. The highest BCUT2D eigenvalue weighted by atomic mass is 19.1. The van der Waals surface area contributed by atoms with Gasteiger partial charge < -0.3 is 0 Å². The average Bonchev–Trinajstić information content (AvgIpc) is 3.22. The fourth-order valence-corrected chi connectivity index (χ4v) is 2.86. The number of aromatic nitrogens is 4. The molecule has 26 heavy (non-hydrogen) atoms. The van der Waals surface area contributed by atoms with E-state index in [-0.39, 0.29) is 24.2 Å². The van der Waals surface area contributed by atoms with Gasteiger partial charge in [0.1, 0.15) is 5.82 Å². The number of fused-ring (bicyclic) bond motifs is 1. The van der Waals surface area contributed by atoms with Crippen LogP contribution in [0.3, 0.4) is 0 Å². The zero-order valence-electron chi connectivity index (χ0n) is 13.7. The number of nitrogens with zero attached hydrogens (tertiary/aromatic N) is 5. The minimum absolute atomic E-state index is 0.274. The van der Waals surface area contributed by atoms with Crippen LogP contribution in [0.15, 0.2) is 48.5 Å². The molecule has 1 aliphatic heterocycles. The van der Waals surface area contributed by atoms with E-state index in [0.717, 1.165) is 0 Å². The highest BCUT2D eigenvalue weighted by molar-refractivity contribution is 6.21. The first kappa shape index (κ1) is 16.1. The van der Waals surface area contributed by atoms with Gasteiger partial charge >= 0.3 is 0 Å². The number of carbonyl (C=O) groups is 2. The Balaban J connectivity index is 1.38. The molecule has 1 aliphatic rings. The van der Waals surface area contributed by atoms with Crippen molar-refractivity contribution in [2.45, 2.75) is 13.0 Å². The highest BCUT2D eigenvalue weighted by Gasteiger charge is 2.34. The molecule has 0 saturated carbocycles. The number of aryl methyl sites for hydroxylation is 1. The molecule has 0 spiro atoms. The van der Waals surface area contributed by atoms with Crippen molar-refractivity contribution in [2.24, 2.45) is 0 Å². The summed E-state index contributed by atoms with van der Waals surface area (Å²) in [6.07, 6.45) is 0.505. The zero-order valence-corrected chi connectivity index (χ0v) is 13.7. The Kier molecular flexibility index (Phi) is 4.00. The van der Waals surface area contributed by atoms with Crippen LogP contribution in [0.1, 0.15) is 27.1 Å². The predicted octanol–water partition coefficient (Wildman–Crippen LogP) is 2.17. The minimum Gasteiger partial charge on any atom is -0.274 e. The van der Waals surface area contributed by atoms with E-state index in [4.69, 9.17) is 0 Å². The van der Waals surface area contributed by atoms with E-state index in [2.05, 4.69) is 15.4 Å². The summed E-state index contributed by atoms with van der Waals surface area (Å²) >= 11 is 0. The number of rotatable bonds is 5. The van der Waals surface area contributed by atoms with Gasteiger partial charge in [0, 0.05) is 12.1 Å². The van der Waals surface area contributed by atoms with Crippen LogP contribution in [0.2, 0.25) is 0 Å². The maximum Gasteiger partial charge on any atom is 0.261 e. The van der Waals surface area contributed by atoms with Gasteiger partial charge in [0.2, 0.25) is 5.82 Å². The number of hydrogen-bond donors (Lipinski definition) is 0. The number of hydrogen-bond acceptors (Lipinski definition) is 5. The van der Waals surface area contributed by atoms with Crippen molar-refractivity contribution >= 4 is 11.8 Å². The van der Waals surface area contributed by atoms with E-state index in [1.165, 1.54) is 21.8 Å². The third-order valence-electron chi connectivity index (χ3n) is 4.17.